The lowest BCUT2D eigenvalue weighted by atomic mass is 10.0. The van der Waals surface area contributed by atoms with Crippen LogP contribution in [-0.4, -0.2) is 68.2 Å². The largest absolute Gasteiger partial charge is 0.493 e. The first-order chi connectivity index (χ1) is 15.0. The van der Waals surface area contributed by atoms with Crippen LogP contribution in [0.15, 0.2) is 35.7 Å². The normalized spacial score (nSPS) is 15.5. The van der Waals surface area contributed by atoms with Crippen LogP contribution in [-0.2, 0) is 20.7 Å². The van der Waals surface area contributed by atoms with Crippen molar-refractivity contribution in [3.05, 3.63) is 46.2 Å². The van der Waals surface area contributed by atoms with Gasteiger partial charge in [-0.25, -0.2) is 0 Å². The summed E-state index contributed by atoms with van der Waals surface area (Å²) in [6.07, 6.45) is 0.803. The first-order valence-electron chi connectivity index (χ1n) is 10.4. The van der Waals surface area contributed by atoms with Crippen molar-refractivity contribution in [3.8, 4) is 11.5 Å². The molecule has 1 atom stereocenters. The number of para-hydroxylation sites is 2. The second-order valence-electron chi connectivity index (χ2n) is 7.66. The Morgan fingerprint density at radius 2 is 1.94 bits per heavy atom. The summed E-state index contributed by atoms with van der Waals surface area (Å²) in [7, 11) is 3.08. The number of rotatable bonds is 9. The maximum atomic E-state index is 13.3. The van der Waals surface area contributed by atoms with Crippen molar-refractivity contribution in [1.29, 1.82) is 0 Å². The summed E-state index contributed by atoms with van der Waals surface area (Å²) in [6.45, 7) is 4.68. The molecule has 168 valence electrons. The summed E-state index contributed by atoms with van der Waals surface area (Å²) in [5.74, 6) is 1.00. The summed E-state index contributed by atoms with van der Waals surface area (Å²) >= 11 is 1.70. The Kier molecular flexibility index (Phi) is 7.92. The van der Waals surface area contributed by atoms with Crippen molar-refractivity contribution in [3.63, 3.8) is 0 Å². The number of methoxy groups -OCH3 is 2. The fraction of sp³-hybridized carbons (Fsp3) is 0.478. The minimum atomic E-state index is -0.223. The Hall–Kier alpha value is -2.58. The number of carbonyl (C=O) groups is 2. The van der Waals surface area contributed by atoms with E-state index in [-0.39, 0.29) is 37.0 Å². The van der Waals surface area contributed by atoms with E-state index in [4.69, 9.17) is 14.2 Å². The highest BCUT2D eigenvalue weighted by atomic mass is 32.1. The van der Waals surface area contributed by atoms with E-state index < -0.39 is 0 Å². The molecule has 1 aliphatic rings. The highest BCUT2D eigenvalue weighted by Crippen LogP contribution is 2.35. The average Bonchev–Trinajstić information content (AvgIpc) is 3.24. The zero-order valence-corrected chi connectivity index (χ0v) is 19.3. The van der Waals surface area contributed by atoms with Crippen LogP contribution in [0.25, 0.3) is 0 Å². The molecule has 0 fully saturated rings. The van der Waals surface area contributed by atoms with Gasteiger partial charge in [-0.2, -0.15) is 0 Å². The van der Waals surface area contributed by atoms with Gasteiger partial charge in [0.1, 0.15) is 19.8 Å². The number of hydrogen-bond acceptors (Lipinski definition) is 6. The molecular weight excluding hydrogens is 416 g/mol. The topological polar surface area (TPSA) is 68.3 Å². The van der Waals surface area contributed by atoms with Crippen LogP contribution in [0.5, 0.6) is 11.5 Å². The number of thiophene rings is 1. The predicted molar refractivity (Wildman–Crippen MR) is 120 cm³/mol. The van der Waals surface area contributed by atoms with Gasteiger partial charge in [-0.15, -0.1) is 11.3 Å². The number of hydrogen-bond donors (Lipinski definition) is 0. The standard InChI is InChI=1S/C23H30N2O5S/c1-16(2)25(23(27)15-28-3)13-22(26)24-11-9-21-17(10-12-31-21)18(24)14-30-20-8-6-5-7-19(20)29-4/h5-8,10,12,16,18H,9,11,13-15H2,1-4H3/t18-/m0/s1. The molecule has 8 heteroatoms. The monoisotopic (exact) mass is 446 g/mol. The molecule has 0 saturated heterocycles. The molecule has 0 aliphatic carbocycles. The van der Waals surface area contributed by atoms with Gasteiger partial charge in [0.05, 0.1) is 13.2 Å². The van der Waals surface area contributed by atoms with E-state index in [0.717, 1.165) is 12.0 Å². The van der Waals surface area contributed by atoms with Gasteiger partial charge in [-0.05, 0) is 49.4 Å². The molecule has 7 nitrogen and oxygen atoms in total. The SMILES string of the molecule is COCC(=O)N(CC(=O)N1CCc2sccc2[C@@H]1COc1ccccc1OC)C(C)C. The van der Waals surface area contributed by atoms with Crippen LogP contribution < -0.4 is 9.47 Å². The highest BCUT2D eigenvalue weighted by molar-refractivity contribution is 7.10. The highest BCUT2D eigenvalue weighted by Gasteiger charge is 2.34. The molecular formula is C23H30N2O5S. The van der Waals surface area contributed by atoms with E-state index in [9.17, 15) is 9.59 Å². The minimum Gasteiger partial charge on any atom is -0.493 e. The van der Waals surface area contributed by atoms with Crippen LogP contribution in [0.4, 0.5) is 0 Å². The van der Waals surface area contributed by atoms with E-state index in [1.165, 1.54) is 12.0 Å². The molecule has 2 aromatic rings. The summed E-state index contributed by atoms with van der Waals surface area (Å²) in [5.41, 5.74) is 1.11. The molecule has 1 aliphatic heterocycles. The van der Waals surface area contributed by atoms with Gasteiger partial charge < -0.3 is 24.0 Å². The zero-order chi connectivity index (χ0) is 22.4. The van der Waals surface area contributed by atoms with Gasteiger partial charge >= 0.3 is 0 Å². The maximum absolute atomic E-state index is 13.3. The molecule has 31 heavy (non-hydrogen) atoms. The quantitative estimate of drug-likeness (QED) is 0.592. The van der Waals surface area contributed by atoms with Crippen molar-refractivity contribution in [2.45, 2.75) is 32.4 Å². The van der Waals surface area contributed by atoms with Crippen LogP contribution in [0.3, 0.4) is 0 Å². The molecule has 3 rings (SSSR count). The number of amides is 2. The Bertz CT molecular complexity index is 898. The van der Waals surface area contributed by atoms with Gasteiger partial charge in [-0.3, -0.25) is 9.59 Å². The Morgan fingerprint density at radius 1 is 1.19 bits per heavy atom. The lowest BCUT2D eigenvalue weighted by Crippen LogP contribution is -2.50. The molecule has 0 radical (unpaired) electrons. The number of carbonyl (C=O) groups excluding carboxylic acids is 2. The second-order valence-corrected chi connectivity index (χ2v) is 8.66. The Morgan fingerprint density at radius 3 is 2.61 bits per heavy atom. The average molecular weight is 447 g/mol. The summed E-state index contributed by atoms with van der Waals surface area (Å²) in [5, 5.41) is 2.05. The van der Waals surface area contributed by atoms with Gasteiger partial charge in [0.25, 0.3) is 0 Å². The zero-order valence-electron chi connectivity index (χ0n) is 18.5. The van der Waals surface area contributed by atoms with E-state index in [1.807, 2.05) is 43.0 Å². The predicted octanol–water partition coefficient (Wildman–Crippen LogP) is 3.14. The van der Waals surface area contributed by atoms with E-state index in [2.05, 4.69) is 11.4 Å². The first-order valence-corrected chi connectivity index (χ1v) is 11.2. The third-order valence-corrected chi connectivity index (χ3v) is 6.39. The van der Waals surface area contributed by atoms with Gasteiger partial charge in [-0.1, -0.05) is 12.1 Å². The number of fused-ring (bicyclic) bond motifs is 1. The van der Waals surface area contributed by atoms with Gasteiger partial charge in [0.15, 0.2) is 11.5 Å². The van der Waals surface area contributed by atoms with Crippen molar-refractivity contribution < 1.29 is 23.8 Å². The van der Waals surface area contributed by atoms with Crippen LogP contribution in [0, 0.1) is 0 Å². The third-order valence-electron chi connectivity index (χ3n) is 5.40. The first kappa shape index (κ1) is 23.1. The fourth-order valence-electron chi connectivity index (χ4n) is 3.78. The van der Waals surface area contributed by atoms with E-state index >= 15 is 0 Å². The summed E-state index contributed by atoms with van der Waals surface area (Å²) in [6, 6.07) is 9.21. The van der Waals surface area contributed by atoms with Gasteiger partial charge in [0, 0.05) is 24.6 Å². The summed E-state index contributed by atoms with van der Waals surface area (Å²) in [4.78, 5) is 30.4. The van der Waals surface area contributed by atoms with Crippen LogP contribution >= 0.6 is 11.3 Å². The lowest BCUT2D eigenvalue weighted by molar-refractivity contribution is -0.146. The Balaban J connectivity index is 1.79. The van der Waals surface area contributed by atoms with Crippen molar-refractivity contribution in [2.24, 2.45) is 0 Å². The number of ether oxygens (including phenoxy) is 3. The number of benzene rings is 1. The fourth-order valence-corrected chi connectivity index (χ4v) is 4.71. The molecule has 0 bridgehead atoms. The van der Waals surface area contributed by atoms with E-state index in [0.29, 0.717) is 24.7 Å². The van der Waals surface area contributed by atoms with Crippen molar-refractivity contribution in [2.75, 3.05) is 40.5 Å². The lowest BCUT2D eigenvalue weighted by Gasteiger charge is -2.37. The second kappa shape index (κ2) is 10.6. The molecule has 0 saturated carbocycles. The number of nitrogens with zero attached hydrogens (tertiary/aromatic N) is 2. The molecule has 2 amide bonds. The molecule has 1 aromatic heterocycles. The van der Waals surface area contributed by atoms with Crippen LogP contribution in [0.1, 0.15) is 30.3 Å². The molecule has 2 heterocycles. The maximum Gasteiger partial charge on any atom is 0.249 e. The smallest absolute Gasteiger partial charge is 0.249 e. The Labute approximate surface area is 187 Å². The molecule has 0 unspecified atom stereocenters. The molecule has 0 spiro atoms. The van der Waals surface area contributed by atoms with Crippen molar-refractivity contribution in [1.82, 2.24) is 9.80 Å². The third kappa shape index (κ3) is 5.37. The van der Waals surface area contributed by atoms with Gasteiger partial charge in [0.2, 0.25) is 11.8 Å². The van der Waals surface area contributed by atoms with Crippen molar-refractivity contribution >= 4 is 23.2 Å². The summed E-state index contributed by atoms with van der Waals surface area (Å²) < 4.78 is 16.5. The molecule has 1 aromatic carbocycles. The minimum absolute atomic E-state index is 0.0183. The molecule has 0 N–H and O–H groups in total. The van der Waals surface area contributed by atoms with E-state index in [1.54, 1.807) is 23.3 Å². The van der Waals surface area contributed by atoms with Crippen LogP contribution in [0.2, 0.25) is 0 Å².